The summed E-state index contributed by atoms with van der Waals surface area (Å²) in [6.07, 6.45) is -3.24. The van der Waals surface area contributed by atoms with Crippen molar-refractivity contribution in [1.29, 1.82) is 0 Å². The quantitative estimate of drug-likeness (QED) is 0.584. The monoisotopic (exact) mass is 449 g/mol. The van der Waals surface area contributed by atoms with E-state index in [0.29, 0.717) is 30.1 Å². The van der Waals surface area contributed by atoms with Crippen molar-refractivity contribution in [2.24, 2.45) is 0 Å². The minimum Gasteiger partial charge on any atom is -0.444 e. The first-order chi connectivity index (χ1) is 14.9. The number of aryl methyl sites for hydroxylation is 1. The third kappa shape index (κ3) is 4.58. The van der Waals surface area contributed by atoms with Gasteiger partial charge in [0.1, 0.15) is 5.60 Å². The molecule has 0 aliphatic carbocycles. The van der Waals surface area contributed by atoms with Crippen molar-refractivity contribution in [1.82, 2.24) is 24.6 Å². The first-order valence-electron chi connectivity index (χ1n) is 10.5. The third-order valence-corrected chi connectivity index (χ3v) is 5.46. The molecule has 0 saturated carbocycles. The number of nitrogens with zero attached hydrogens (tertiary/aromatic N) is 4. The molecule has 0 aromatic carbocycles. The molecule has 3 aromatic rings. The van der Waals surface area contributed by atoms with Crippen LogP contribution in [0.3, 0.4) is 0 Å². The SMILES string of the molecule is Cc1cc(C(F)(F)F)nn1-c1ccc2[nH]c(C3CCN(C(=O)OC(C)(C)C)CC3)cc2n1. The summed E-state index contributed by atoms with van der Waals surface area (Å²) >= 11 is 0. The molecular formula is C22H26F3N5O2. The molecule has 1 aliphatic heterocycles. The van der Waals surface area contributed by atoms with E-state index in [-0.39, 0.29) is 12.0 Å². The average Bonchev–Trinajstić information content (AvgIpc) is 3.29. The molecular weight excluding hydrogens is 423 g/mol. The van der Waals surface area contributed by atoms with E-state index in [2.05, 4.69) is 15.1 Å². The van der Waals surface area contributed by atoms with Crippen LogP contribution in [-0.2, 0) is 10.9 Å². The second kappa shape index (κ2) is 7.83. The Hall–Kier alpha value is -3.04. The van der Waals surface area contributed by atoms with Crippen molar-refractivity contribution in [3.05, 3.63) is 41.3 Å². The molecule has 7 nitrogen and oxygen atoms in total. The maximum atomic E-state index is 13.0. The number of halogens is 3. The molecule has 1 amide bonds. The highest BCUT2D eigenvalue weighted by Gasteiger charge is 2.34. The van der Waals surface area contributed by atoms with E-state index in [9.17, 15) is 18.0 Å². The van der Waals surface area contributed by atoms with Crippen molar-refractivity contribution < 1.29 is 22.7 Å². The number of aromatic nitrogens is 4. The number of likely N-dealkylation sites (tertiary alicyclic amines) is 1. The van der Waals surface area contributed by atoms with Gasteiger partial charge in [-0.15, -0.1) is 0 Å². The van der Waals surface area contributed by atoms with Crippen LogP contribution in [0.15, 0.2) is 24.3 Å². The molecule has 0 spiro atoms. The normalized spacial score (nSPS) is 16.0. The molecule has 3 aromatic heterocycles. The van der Waals surface area contributed by atoms with Crippen LogP contribution < -0.4 is 0 Å². The van der Waals surface area contributed by atoms with E-state index < -0.39 is 17.5 Å². The van der Waals surface area contributed by atoms with Gasteiger partial charge in [-0.05, 0) is 64.8 Å². The Bertz CT molecular complexity index is 1130. The topological polar surface area (TPSA) is 76.0 Å². The fraction of sp³-hybridized carbons (Fsp3) is 0.500. The van der Waals surface area contributed by atoms with Crippen molar-refractivity contribution in [3.8, 4) is 5.82 Å². The number of H-pyrrole nitrogens is 1. The molecule has 1 saturated heterocycles. The number of pyridine rings is 1. The van der Waals surface area contributed by atoms with Gasteiger partial charge in [-0.25, -0.2) is 14.5 Å². The Morgan fingerprint density at radius 3 is 2.44 bits per heavy atom. The average molecular weight is 449 g/mol. The number of ether oxygens (including phenoxy) is 1. The number of carbonyl (C=O) groups is 1. The zero-order valence-corrected chi connectivity index (χ0v) is 18.5. The minimum atomic E-state index is -4.50. The highest BCUT2D eigenvalue weighted by atomic mass is 19.4. The maximum absolute atomic E-state index is 13.0. The van der Waals surface area contributed by atoms with Gasteiger partial charge in [0.05, 0.1) is 11.0 Å². The number of nitrogens with one attached hydrogen (secondary N) is 1. The van der Waals surface area contributed by atoms with Crippen molar-refractivity contribution in [3.63, 3.8) is 0 Å². The smallest absolute Gasteiger partial charge is 0.435 e. The fourth-order valence-corrected chi connectivity index (χ4v) is 3.90. The molecule has 1 N–H and O–H groups in total. The first-order valence-corrected chi connectivity index (χ1v) is 10.5. The second-order valence-electron chi connectivity index (χ2n) is 9.15. The summed E-state index contributed by atoms with van der Waals surface area (Å²) < 4.78 is 45.6. The van der Waals surface area contributed by atoms with Gasteiger partial charge < -0.3 is 14.6 Å². The van der Waals surface area contributed by atoms with Crippen LogP contribution in [0.5, 0.6) is 0 Å². The lowest BCUT2D eigenvalue weighted by Crippen LogP contribution is -2.41. The van der Waals surface area contributed by atoms with Crippen molar-refractivity contribution in [2.45, 2.75) is 58.2 Å². The number of hydrogen-bond donors (Lipinski definition) is 1. The number of hydrogen-bond acceptors (Lipinski definition) is 4. The van der Waals surface area contributed by atoms with Crippen LogP contribution in [0.1, 0.15) is 56.6 Å². The largest absolute Gasteiger partial charge is 0.444 e. The van der Waals surface area contributed by atoms with Crippen LogP contribution >= 0.6 is 0 Å². The van der Waals surface area contributed by atoms with Gasteiger partial charge in [0.2, 0.25) is 0 Å². The number of carbonyl (C=O) groups excluding carboxylic acids is 1. The predicted octanol–water partition coefficient (Wildman–Crippen LogP) is 5.19. The molecule has 172 valence electrons. The van der Waals surface area contributed by atoms with E-state index in [1.54, 1.807) is 24.0 Å². The maximum Gasteiger partial charge on any atom is 0.435 e. The van der Waals surface area contributed by atoms with Gasteiger partial charge >= 0.3 is 12.3 Å². The number of alkyl halides is 3. The highest BCUT2D eigenvalue weighted by Crippen LogP contribution is 2.32. The van der Waals surface area contributed by atoms with Crippen molar-refractivity contribution >= 4 is 17.1 Å². The van der Waals surface area contributed by atoms with E-state index >= 15 is 0 Å². The molecule has 1 aliphatic rings. The van der Waals surface area contributed by atoms with E-state index in [4.69, 9.17) is 4.74 Å². The van der Waals surface area contributed by atoms with Gasteiger partial charge in [0.15, 0.2) is 11.5 Å². The zero-order chi connectivity index (χ0) is 23.3. The second-order valence-corrected chi connectivity index (χ2v) is 9.15. The minimum absolute atomic E-state index is 0.231. The molecule has 1 fully saturated rings. The van der Waals surface area contributed by atoms with Gasteiger partial charge in [-0.3, -0.25) is 0 Å². The Morgan fingerprint density at radius 2 is 1.84 bits per heavy atom. The lowest BCUT2D eigenvalue weighted by Gasteiger charge is -2.33. The van der Waals surface area contributed by atoms with E-state index in [1.807, 2.05) is 26.8 Å². The lowest BCUT2D eigenvalue weighted by molar-refractivity contribution is -0.141. The highest BCUT2D eigenvalue weighted by molar-refractivity contribution is 5.77. The zero-order valence-electron chi connectivity index (χ0n) is 18.5. The number of piperidine rings is 1. The predicted molar refractivity (Wildman–Crippen MR) is 113 cm³/mol. The Kier molecular flexibility index (Phi) is 5.42. The number of rotatable bonds is 2. The molecule has 10 heteroatoms. The Morgan fingerprint density at radius 1 is 1.16 bits per heavy atom. The van der Waals surface area contributed by atoms with E-state index in [0.717, 1.165) is 30.1 Å². The summed E-state index contributed by atoms with van der Waals surface area (Å²) in [6, 6.07) is 6.38. The molecule has 0 atom stereocenters. The number of amides is 1. The summed E-state index contributed by atoms with van der Waals surface area (Å²) in [5, 5.41) is 3.67. The molecule has 32 heavy (non-hydrogen) atoms. The van der Waals surface area contributed by atoms with Gasteiger partial charge in [0.25, 0.3) is 0 Å². The Balaban J connectivity index is 1.50. The number of aromatic amines is 1. The summed E-state index contributed by atoms with van der Waals surface area (Å²) in [4.78, 5) is 21.9. The lowest BCUT2D eigenvalue weighted by atomic mass is 9.94. The fourth-order valence-electron chi connectivity index (χ4n) is 3.90. The van der Waals surface area contributed by atoms with Gasteiger partial charge in [0, 0.05) is 30.4 Å². The van der Waals surface area contributed by atoms with Crippen LogP contribution in [0, 0.1) is 6.92 Å². The molecule has 0 unspecified atom stereocenters. The molecule has 0 bridgehead atoms. The third-order valence-electron chi connectivity index (χ3n) is 5.46. The van der Waals surface area contributed by atoms with Crippen molar-refractivity contribution in [2.75, 3.05) is 13.1 Å². The molecule has 0 radical (unpaired) electrons. The van der Waals surface area contributed by atoms with Crippen LogP contribution in [0.25, 0.3) is 16.9 Å². The van der Waals surface area contributed by atoms with Gasteiger partial charge in [-0.1, -0.05) is 0 Å². The number of fused-ring (bicyclic) bond motifs is 1. The van der Waals surface area contributed by atoms with Crippen LogP contribution in [-0.4, -0.2) is 49.4 Å². The molecule has 4 rings (SSSR count). The molecule has 4 heterocycles. The standard InChI is InChI=1S/C22H26F3N5O2/c1-13-11-18(22(23,24)25)28-30(13)19-6-5-15-17(27-19)12-16(26-15)14-7-9-29(10-8-14)20(31)32-21(2,3)4/h5-6,11-12,14,26H,7-10H2,1-4H3. The summed E-state index contributed by atoms with van der Waals surface area (Å²) in [5.74, 6) is 0.561. The summed E-state index contributed by atoms with van der Waals surface area (Å²) in [7, 11) is 0. The van der Waals surface area contributed by atoms with Crippen LogP contribution in [0.4, 0.5) is 18.0 Å². The van der Waals surface area contributed by atoms with E-state index in [1.165, 1.54) is 4.68 Å². The van der Waals surface area contributed by atoms with Gasteiger partial charge in [-0.2, -0.15) is 18.3 Å². The summed E-state index contributed by atoms with van der Waals surface area (Å²) in [6.45, 7) is 8.30. The first kappa shape index (κ1) is 22.2. The van der Waals surface area contributed by atoms with Crippen LogP contribution in [0.2, 0.25) is 0 Å². The Labute approximate surface area is 183 Å². The summed E-state index contributed by atoms with van der Waals surface area (Å²) in [5.41, 5.74) is 1.36.